The first-order valence-electron chi connectivity index (χ1n) is 6.43. The van der Waals surface area contributed by atoms with Gasteiger partial charge in [0, 0.05) is 45.7 Å². The summed E-state index contributed by atoms with van der Waals surface area (Å²) in [5.41, 5.74) is 0.542. The lowest BCUT2D eigenvalue weighted by atomic mass is 10.0. The van der Waals surface area contributed by atoms with Gasteiger partial charge in [0.15, 0.2) is 0 Å². The quantitative estimate of drug-likeness (QED) is 0.698. The van der Waals surface area contributed by atoms with Crippen LogP contribution in [0, 0.1) is 12.3 Å². The van der Waals surface area contributed by atoms with E-state index in [1.807, 2.05) is 19.3 Å². The maximum Gasteiger partial charge on any atom is 0.105 e. The van der Waals surface area contributed by atoms with Gasteiger partial charge in [0.2, 0.25) is 0 Å². The van der Waals surface area contributed by atoms with E-state index in [0.29, 0.717) is 5.41 Å². The largest absolute Gasteiger partial charge is 0.385 e. The number of ether oxygens (including phenoxy) is 1. The van der Waals surface area contributed by atoms with Crippen molar-refractivity contribution in [3.8, 4) is 0 Å². The van der Waals surface area contributed by atoms with Gasteiger partial charge in [-0.15, -0.1) is 0 Å². The summed E-state index contributed by atoms with van der Waals surface area (Å²) in [6, 6.07) is 0. The van der Waals surface area contributed by atoms with Crippen LogP contribution in [0.15, 0.2) is 12.4 Å². The molecule has 0 spiro atoms. The van der Waals surface area contributed by atoms with E-state index in [4.69, 9.17) is 4.74 Å². The molecule has 0 unspecified atom stereocenters. The molecule has 1 saturated carbocycles. The Morgan fingerprint density at radius 2 is 2.35 bits per heavy atom. The van der Waals surface area contributed by atoms with Crippen LogP contribution in [0.3, 0.4) is 0 Å². The highest BCUT2D eigenvalue weighted by molar-refractivity contribution is 4.94. The molecule has 1 aromatic rings. The Balaban J connectivity index is 1.62. The fraction of sp³-hybridized carbons (Fsp3) is 0.769. The van der Waals surface area contributed by atoms with Gasteiger partial charge in [-0.1, -0.05) is 0 Å². The normalized spacial score (nSPS) is 17.3. The summed E-state index contributed by atoms with van der Waals surface area (Å²) in [5.74, 6) is 1.09. The van der Waals surface area contributed by atoms with Gasteiger partial charge in [0.05, 0.1) is 0 Å². The molecule has 96 valence electrons. The van der Waals surface area contributed by atoms with Crippen LogP contribution in [0.1, 0.15) is 25.1 Å². The second kappa shape index (κ2) is 5.65. The minimum absolute atomic E-state index is 0.542. The van der Waals surface area contributed by atoms with Crippen molar-refractivity contribution < 1.29 is 4.74 Å². The van der Waals surface area contributed by atoms with Crippen molar-refractivity contribution in [1.29, 1.82) is 0 Å². The number of aryl methyl sites for hydroxylation is 1. The Hall–Kier alpha value is -0.870. The molecule has 0 radical (unpaired) electrons. The first-order valence-corrected chi connectivity index (χ1v) is 6.43. The number of imidazole rings is 1. The average molecular weight is 237 g/mol. The van der Waals surface area contributed by atoms with E-state index >= 15 is 0 Å². The fourth-order valence-electron chi connectivity index (χ4n) is 2.20. The van der Waals surface area contributed by atoms with Crippen molar-refractivity contribution in [3.05, 3.63) is 18.2 Å². The predicted molar refractivity (Wildman–Crippen MR) is 68.0 cm³/mol. The minimum atomic E-state index is 0.542. The summed E-state index contributed by atoms with van der Waals surface area (Å²) in [6.07, 6.45) is 7.80. The molecule has 1 fully saturated rings. The van der Waals surface area contributed by atoms with Gasteiger partial charge in [0.25, 0.3) is 0 Å². The van der Waals surface area contributed by atoms with Crippen LogP contribution in [0.2, 0.25) is 0 Å². The van der Waals surface area contributed by atoms with Crippen LogP contribution in [0.4, 0.5) is 0 Å². The van der Waals surface area contributed by atoms with Crippen LogP contribution in [0.5, 0.6) is 0 Å². The molecule has 4 nitrogen and oxygen atoms in total. The molecule has 2 rings (SSSR count). The molecule has 0 bridgehead atoms. The molecule has 0 amide bonds. The van der Waals surface area contributed by atoms with Gasteiger partial charge in [-0.05, 0) is 31.6 Å². The molecule has 1 aliphatic rings. The molecule has 1 heterocycles. The van der Waals surface area contributed by atoms with E-state index in [1.54, 1.807) is 7.11 Å². The van der Waals surface area contributed by atoms with Gasteiger partial charge in [-0.3, -0.25) is 0 Å². The summed E-state index contributed by atoms with van der Waals surface area (Å²) in [6.45, 7) is 6.09. The molecule has 1 N–H and O–H groups in total. The van der Waals surface area contributed by atoms with E-state index in [0.717, 1.165) is 32.1 Å². The third kappa shape index (κ3) is 3.54. The molecule has 0 atom stereocenters. The lowest BCUT2D eigenvalue weighted by Crippen LogP contribution is -2.28. The molecule has 0 aromatic carbocycles. The van der Waals surface area contributed by atoms with Crippen molar-refractivity contribution in [3.63, 3.8) is 0 Å². The van der Waals surface area contributed by atoms with Gasteiger partial charge in [-0.25, -0.2) is 4.98 Å². The number of nitrogens with zero attached hydrogens (tertiary/aromatic N) is 2. The van der Waals surface area contributed by atoms with E-state index in [9.17, 15) is 0 Å². The summed E-state index contributed by atoms with van der Waals surface area (Å²) >= 11 is 0. The highest BCUT2D eigenvalue weighted by atomic mass is 16.5. The van der Waals surface area contributed by atoms with Gasteiger partial charge >= 0.3 is 0 Å². The standard InChI is InChI=1S/C13H23N3O/c1-12-15-7-9-16(12)8-6-14-11-13(3-4-13)5-10-17-2/h7,9,14H,3-6,8,10-11H2,1-2H3. The number of aromatic nitrogens is 2. The molecule has 1 aromatic heterocycles. The second-order valence-corrected chi connectivity index (χ2v) is 5.09. The zero-order chi connectivity index (χ0) is 12.1. The number of rotatable bonds is 8. The smallest absolute Gasteiger partial charge is 0.105 e. The van der Waals surface area contributed by atoms with Gasteiger partial charge < -0.3 is 14.6 Å². The molecular formula is C13H23N3O. The van der Waals surface area contributed by atoms with E-state index in [2.05, 4.69) is 14.9 Å². The zero-order valence-corrected chi connectivity index (χ0v) is 10.9. The monoisotopic (exact) mass is 237 g/mol. The van der Waals surface area contributed by atoms with Gasteiger partial charge in [0.1, 0.15) is 5.82 Å². The number of hydrogen-bond donors (Lipinski definition) is 1. The van der Waals surface area contributed by atoms with Crippen LogP contribution >= 0.6 is 0 Å². The van der Waals surface area contributed by atoms with Crippen molar-refractivity contribution in [1.82, 2.24) is 14.9 Å². The van der Waals surface area contributed by atoms with Crippen LogP contribution in [-0.2, 0) is 11.3 Å². The van der Waals surface area contributed by atoms with E-state index in [1.165, 1.54) is 19.3 Å². The maximum atomic E-state index is 5.16. The molecular weight excluding hydrogens is 214 g/mol. The van der Waals surface area contributed by atoms with Crippen molar-refractivity contribution in [2.45, 2.75) is 32.7 Å². The minimum Gasteiger partial charge on any atom is -0.385 e. The lowest BCUT2D eigenvalue weighted by molar-refractivity contribution is 0.171. The first-order chi connectivity index (χ1) is 8.26. The molecule has 1 aliphatic carbocycles. The molecule has 17 heavy (non-hydrogen) atoms. The summed E-state index contributed by atoms with van der Waals surface area (Å²) in [5, 5.41) is 3.56. The highest BCUT2D eigenvalue weighted by Crippen LogP contribution is 2.48. The Morgan fingerprint density at radius 1 is 1.53 bits per heavy atom. The molecule has 0 saturated heterocycles. The maximum absolute atomic E-state index is 5.16. The van der Waals surface area contributed by atoms with Crippen LogP contribution < -0.4 is 5.32 Å². The van der Waals surface area contributed by atoms with Crippen LogP contribution in [-0.4, -0.2) is 36.4 Å². The second-order valence-electron chi connectivity index (χ2n) is 5.09. The Kier molecular flexibility index (Phi) is 4.18. The SMILES string of the molecule is COCCC1(CNCCn2ccnc2C)CC1. The van der Waals surface area contributed by atoms with E-state index in [-0.39, 0.29) is 0 Å². The topological polar surface area (TPSA) is 39.1 Å². The average Bonchev–Trinajstić information content (AvgIpc) is 2.99. The zero-order valence-electron chi connectivity index (χ0n) is 10.9. The van der Waals surface area contributed by atoms with Gasteiger partial charge in [-0.2, -0.15) is 0 Å². The summed E-state index contributed by atoms with van der Waals surface area (Å²) < 4.78 is 7.34. The molecule has 0 aliphatic heterocycles. The predicted octanol–water partition coefficient (Wildman–Crippen LogP) is 1.60. The number of hydrogen-bond acceptors (Lipinski definition) is 3. The Bertz CT molecular complexity index is 344. The third-order valence-electron chi connectivity index (χ3n) is 3.75. The van der Waals surface area contributed by atoms with E-state index < -0.39 is 0 Å². The molecule has 4 heteroatoms. The van der Waals surface area contributed by atoms with Crippen molar-refractivity contribution in [2.24, 2.45) is 5.41 Å². The van der Waals surface area contributed by atoms with Crippen LogP contribution in [0.25, 0.3) is 0 Å². The first kappa shape index (κ1) is 12.6. The number of nitrogens with one attached hydrogen (secondary N) is 1. The lowest BCUT2D eigenvalue weighted by Gasteiger charge is -2.15. The Morgan fingerprint density at radius 3 is 2.94 bits per heavy atom. The summed E-state index contributed by atoms with van der Waals surface area (Å²) in [7, 11) is 1.78. The Labute approximate surface area is 103 Å². The third-order valence-corrected chi connectivity index (χ3v) is 3.75. The van der Waals surface area contributed by atoms with Crippen molar-refractivity contribution in [2.75, 3.05) is 26.8 Å². The summed E-state index contributed by atoms with van der Waals surface area (Å²) in [4.78, 5) is 4.22. The fourth-order valence-corrected chi connectivity index (χ4v) is 2.20. The highest BCUT2D eigenvalue weighted by Gasteiger charge is 2.41. The number of methoxy groups -OCH3 is 1. The van der Waals surface area contributed by atoms with Crippen molar-refractivity contribution >= 4 is 0 Å².